The molecule has 0 aliphatic carbocycles. The molecule has 1 heterocycles. The van der Waals surface area contributed by atoms with Gasteiger partial charge in [-0.05, 0) is 18.1 Å². The molecule has 0 aromatic carbocycles. The van der Waals surface area contributed by atoms with Gasteiger partial charge in [0, 0.05) is 0 Å². The predicted molar refractivity (Wildman–Crippen MR) is 64.4 cm³/mol. The third-order valence-corrected chi connectivity index (χ3v) is 7.62. The molecule has 2 N–H and O–H groups in total. The number of hydrogen-bond donors (Lipinski definition) is 1. The van der Waals surface area contributed by atoms with Crippen LogP contribution in [0.1, 0.15) is 32.7 Å². The van der Waals surface area contributed by atoms with Crippen molar-refractivity contribution in [1.82, 2.24) is 10.2 Å². The van der Waals surface area contributed by atoms with Crippen LogP contribution in [0.2, 0.25) is 18.1 Å². The zero-order valence-electron chi connectivity index (χ0n) is 10.7. The summed E-state index contributed by atoms with van der Waals surface area (Å²) in [5.41, 5.74) is 5.89. The summed E-state index contributed by atoms with van der Waals surface area (Å²) in [6, 6.07) is -0.336. The van der Waals surface area contributed by atoms with Crippen molar-refractivity contribution in [3.05, 3.63) is 12.3 Å². The van der Waals surface area contributed by atoms with Crippen LogP contribution in [0.5, 0.6) is 0 Å². The summed E-state index contributed by atoms with van der Waals surface area (Å²) in [4.78, 5) is 0. The van der Waals surface area contributed by atoms with Crippen molar-refractivity contribution in [3.8, 4) is 0 Å². The second-order valence-corrected chi connectivity index (χ2v) is 10.3. The SMILES string of the molecule is CC(C)(C)[Si](C)(C)OC[C@@H](N)c1nnco1. The zero-order chi connectivity index (χ0) is 12.4. The van der Waals surface area contributed by atoms with Crippen LogP contribution < -0.4 is 5.73 Å². The van der Waals surface area contributed by atoms with Gasteiger partial charge in [-0.3, -0.25) is 0 Å². The summed E-state index contributed by atoms with van der Waals surface area (Å²) in [7, 11) is -1.75. The third kappa shape index (κ3) is 3.13. The minimum atomic E-state index is -1.75. The van der Waals surface area contributed by atoms with Crippen LogP contribution in [-0.2, 0) is 4.43 Å². The lowest BCUT2D eigenvalue weighted by Gasteiger charge is -2.36. The molecule has 1 rings (SSSR count). The lowest BCUT2D eigenvalue weighted by Crippen LogP contribution is -2.42. The molecule has 0 fully saturated rings. The number of nitrogens with zero attached hydrogens (tertiary/aromatic N) is 2. The van der Waals surface area contributed by atoms with E-state index in [1.165, 1.54) is 6.39 Å². The summed E-state index contributed by atoms with van der Waals surface area (Å²) < 4.78 is 11.0. The molecule has 0 unspecified atom stereocenters. The normalized spacial score (nSPS) is 15.1. The third-order valence-electron chi connectivity index (χ3n) is 3.12. The Labute approximate surface area is 97.5 Å². The number of aromatic nitrogens is 2. The van der Waals surface area contributed by atoms with Gasteiger partial charge in [0.1, 0.15) is 6.04 Å². The summed E-state index contributed by atoms with van der Waals surface area (Å²) in [5.74, 6) is 0.429. The first kappa shape index (κ1) is 13.3. The number of nitrogens with two attached hydrogens (primary N) is 1. The van der Waals surface area contributed by atoms with Gasteiger partial charge in [-0.15, -0.1) is 10.2 Å². The second kappa shape index (κ2) is 4.64. The van der Waals surface area contributed by atoms with E-state index in [0.29, 0.717) is 12.5 Å². The Morgan fingerprint density at radius 2 is 2.12 bits per heavy atom. The van der Waals surface area contributed by atoms with Gasteiger partial charge in [-0.1, -0.05) is 20.8 Å². The maximum Gasteiger partial charge on any atom is 0.235 e. The van der Waals surface area contributed by atoms with E-state index in [4.69, 9.17) is 14.6 Å². The van der Waals surface area contributed by atoms with E-state index in [9.17, 15) is 0 Å². The van der Waals surface area contributed by atoms with E-state index < -0.39 is 8.32 Å². The van der Waals surface area contributed by atoms with Gasteiger partial charge in [0.25, 0.3) is 0 Å². The fraction of sp³-hybridized carbons (Fsp3) is 0.800. The molecule has 5 nitrogen and oxygen atoms in total. The molecule has 0 bridgehead atoms. The monoisotopic (exact) mass is 243 g/mol. The van der Waals surface area contributed by atoms with Gasteiger partial charge in [0.2, 0.25) is 12.3 Å². The molecule has 0 saturated heterocycles. The van der Waals surface area contributed by atoms with E-state index in [1.807, 2.05) is 0 Å². The zero-order valence-corrected chi connectivity index (χ0v) is 11.7. The Hall–Kier alpha value is -0.723. The van der Waals surface area contributed by atoms with E-state index in [0.717, 1.165) is 0 Å². The largest absolute Gasteiger partial charge is 0.426 e. The van der Waals surface area contributed by atoms with E-state index in [-0.39, 0.29) is 11.1 Å². The summed E-state index contributed by atoms with van der Waals surface area (Å²) in [6.45, 7) is 11.4. The quantitative estimate of drug-likeness (QED) is 0.820. The maximum atomic E-state index is 5.97. The standard InChI is InChI=1S/C10H21N3O2Si/c1-10(2,3)16(4,5)15-6-8(11)9-13-12-7-14-9/h7-8H,6,11H2,1-5H3/t8-/m1/s1. The van der Waals surface area contributed by atoms with Crippen LogP contribution in [0, 0.1) is 0 Å². The van der Waals surface area contributed by atoms with Crippen molar-refractivity contribution in [1.29, 1.82) is 0 Å². The highest BCUT2D eigenvalue weighted by atomic mass is 28.4. The molecule has 1 aromatic rings. The lowest BCUT2D eigenvalue weighted by molar-refractivity contribution is 0.247. The molecule has 0 aliphatic heterocycles. The van der Waals surface area contributed by atoms with Crippen molar-refractivity contribution in [3.63, 3.8) is 0 Å². The maximum absolute atomic E-state index is 5.97. The molecule has 16 heavy (non-hydrogen) atoms. The van der Waals surface area contributed by atoms with Crippen molar-refractivity contribution in [2.24, 2.45) is 5.73 Å². The molecule has 92 valence electrons. The van der Waals surface area contributed by atoms with Gasteiger partial charge in [0.05, 0.1) is 6.61 Å². The van der Waals surface area contributed by atoms with E-state index in [1.54, 1.807) is 0 Å². The minimum absolute atomic E-state index is 0.182. The first-order chi connectivity index (χ1) is 7.24. The van der Waals surface area contributed by atoms with Crippen molar-refractivity contribution >= 4 is 8.32 Å². The van der Waals surface area contributed by atoms with Gasteiger partial charge in [-0.2, -0.15) is 0 Å². The highest BCUT2D eigenvalue weighted by molar-refractivity contribution is 6.74. The van der Waals surface area contributed by atoms with Crippen molar-refractivity contribution in [2.75, 3.05) is 6.61 Å². The van der Waals surface area contributed by atoms with Gasteiger partial charge >= 0.3 is 0 Å². The molecule has 0 amide bonds. The Balaban J connectivity index is 2.52. The highest BCUT2D eigenvalue weighted by Gasteiger charge is 2.37. The van der Waals surface area contributed by atoms with Gasteiger partial charge in [-0.25, -0.2) is 0 Å². The van der Waals surface area contributed by atoms with Crippen LogP contribution in [0.15, 0.2) is 10.8 Å². The average Bonchev–Trinajstić information content (AvgIpc) is 2.65. The molecule has 0 saturated carbocycles. The highest BCUT2D eigenvalue weighted by Crippen LogP contribution is 2.36. The fourth-order valence-corrected chi connectivity index (χ4v) is 1.96. The topological polar surface area (TPSA) is 74.2 Å². The molecular formula is C10H21N3O2Si. The Morgan fingerprint density at radius 1 is 1.50 bits per heavy atom. The fourth-order valence-electron chi connectivity index (χ4n) is 0.929. The number of rotatable bonds is 4. The average molecular weight is 243 g/mol. The van der Waals surface area contributed by atoms with Crippen molar-refractivity contribution < 1.29 is 8.84 Å². The van der Waals surface area contributed by atoms with E-state index >= 15 is 0 Å². The molecule has 1 aromatic heterocycles. The summed E-state index contributed by atoms with van der Waals surface area (Å²) in [5, 5.41) is 7.55. The van der Waals surface area contributed by atoms with Crippen LogP contribution in [0.25, 0.3) is 0 Å². The second-order valence-electron chi connectivity index (χ2n) is 5.45. The first-order valence-electron chi connectivity index (χ1n) is 5.39. The first-order valence-corrected chi connectivity index (χ1v) is 8.30. The molecule has 0 aliphatic rings. The summed E-state index contributed by atoms with van der Waals surface area (Å²) in [6.07, 6.45) is 1.28. The smallest absolute Gasteiger partial charge is 0.235 e. The summed E-state index contributed by atoms with van der Waals surface area (Å²) >= 11 is 0. The Morgan fingerprint density at radius 3 is 2.56 bits per heavy atom. The van der Waals surface area contributed by atoms with Crippen LogP contribution in [-0.4, -0.2) is 25.1 Å². The Kier molecular flexibility index (Phi) is 3.87. The van der Waals surface area contributed by atoms with Crippen LogP contribution in [0.4, 0.5) is 0 Å². The molecular weight excluding hydrogens is 222 g/mol. The Bertz CT molecular complexity index is 319. The van der Waals surface area contributed by atoms with Gasteiger partial charge < -0.3 is 14.6 Å². The predicted octanol–water partition coefficient (Wildman–Crippen LogP) is 2.09. The van der Waals surface area contributed by atoms with Crippen LogP contribution in [0.3, 0.4) is 0 Å². The van der Waals surface area contributed by atoms with Crippen molar-refractivity contribution in [2.45, 2.75) is 44.9 Å². The van der Waals surface area contributed by atoms with E-state index in [2.05, 4.69) is 44.1 Å². The lowest BCUT2D eigenvalue weighted by atomic mass is 10.2. The minimum Gasteiger partial charge on any atom is -0.426 e. The molecule has 0 spiro atoms. The van der Waals surface area contributed by atoms with Crippen LogP contribution >= 0.6 is 0 Å². The molecule has 1 atom stereocenters. The molecule has 6 heteroatoms. The van der Waals surface area contributed by atoms with Gasteiger partial charge in [0.15, 0.2) is 8.32 Å². The molecule has 0 radical (unpaired) electrons. The number of hydrogen-bond acceptors (Lipinski definition) is 5.